The van der Waals surface area contributed by atoms with Crippen molar-refractivity contribution in [2.45, 2.75) is 148 Å². The standard InChI is InChI=1S/C63H79FN6O14/c1-30-12-11-13-31(2)59(78)66-48-42(55(75)45-46(56(48)76)54(74)36(7)57-47(45)58(77)62(8,84-57)83-25-19-44(82-10)32(3)52(72)35(6)53(73)34(5)51(30)71)27-65-69-23-17-39(18-24-69)67(9)63(20-21-63)38-16-22-68(28-38)50-33(4)49-40(37-14-15-37)26-41(61(80)81)60(79)70(49)29-43(50)64/h11-13,19,25-27,29-30,32,34-35,37-39,44,51-53,71-76H,14-18,20-24,28H2,1-10H3,(H,66,78)(H,80,81)/t30-,32+,34+,35-,38+,44-,51-,52+,53+,62-/m0/s1. The number of Topliss-reactive ketones (excluding diaryl/α,β-unsaturated/α-hetero) is 1. The number of hydrazone groups is 1. The number of piperidine rings is 1. The number of allylic oxidation sites excluding steroid dienone is 2. The fourth-order valence-electron chi connectivity index (χ4n) is 13.8. The number of aromatic hydroxyl groups is 3. The number of ketones is 1. The molecule has 7 heterocycles. The highest BCUT2D eigenvalue weighted by molar-refractivity contribution is 6.24. The third-order valence-electron chi connectivity index (χ3n) is 19.5. The summed E-state index contributed by atoms with van der Waals surface area (Å²) in [5.41, 5.74) is 0.680. The molecule has 11 rings (SSSR count). The Labute approximate surface area is 487 Å². The van der Waals surface area contributed by atoms with Gasteiger partial charge < -0.3 is 60.2 Å². The van der Waals surface area contributed by atoms with Gasteiger partial charge in [0.2, 0.25) is 0 Å². The number of phenolic OH excluding ortho intramolecular Hbond substituents is 3. The molecule has 0 radical (unpaired) electrons. The van der Waals surface area contributed by atoms with Crippen molar-refractivity contribution in [3.05, 3.63) is 98.0 Å². The first kappa shape index (κ1) is 60.1. The Hall–Kier alpha value is -7.04. The summed E-state index contributed by atoms with van der Waals surface area (Å²) in [6, 6.07) is 1.63. The lowest BCUT2D eigenvalue weighted by Crippen LogP contribution is -2.50. The van der Waals surface area contributed by atoms with Crippen molar-refractivity contribution < 1.29 is 68.7 Å². The number of benzene rings is 2. The van der Waals surface area contributed by atoms with Crippen LogP contribution in [0.1, 0.15) is 135 Å². The summed E-state index contributed by atoms with van der Waals surface area (Å²) < 4.78 is 35.4. The lowest BCUT2D eigenvalue weighted by molar-refractivity contribution is -0.112. The zero-order valence-electron chi connectivity index (χ0n) is 49.4. The van der Waals surface area contributed by atoms with Crippen molar-refractivity contribution in [2.24, 2.45) is 34.7 Å². The molecule has 10 atom stereocenters. The summed E-state index contributed by atoms with van der Waals surface area (Å²) in [5, 5.41) is 89.4. The third-order valence-corrected chi connectivity index (χ3v) is 19.5. The van der Waals surface area contributed by atoms with E-state index < -0.39 is 100 Å². The van der Waals surface area contributed by atoms with Crippen LogP contribution < -0.4 is 20.5 Å². The molecule has 5 bridgehead atoms. The molecule has 2 aliphatic carbocycles. The van der Waals surface area contributed by atoms with Gasteiger partial charge in [-0.2, -0.15) is 5.10 Å². The van der Waals surface area contributed by atoms with Gasteiger partial charge in [0.05, 0.1) is 76.5 Å². The second-order valence-electron chi connectivity index (χ2n) is 24.7. The molecular weight excluding hydrogens is 1080 g/mol. The van der Waals surface area contributed by atoms with Crippen LogP contribution in [-0.4, -0.2) is 156 Å². The minimum atomic E-state index is -2.08. The van der Waals surface area contributed by atoms with Crippen LogP contribution in [0.4, 0.5) is 15.8 Å². The van der Waals surface area contributed by atoms with E-state index in [4.69, 9.17) is 19.3 Å². The summed E-state index contributed by atoms with van der Waals surface area (Å²) in [7, 11) is 3.58. The maximum Gasteiger partial charge on any atom is 0.341 e. The van der Waals surface area contributed by atoms with Crippen LogP contribution in [0.3, 0.4) is 0 Å². The Morgan fingerprint density at radius 2 is 1.55 bits per heavy atom. The van der Waals surface area contributed by atoms with Gasteiger partial charge in [0, 0.05) is 92.0 Å². The van der Waals surface area contributed by atoms with Gasteiger partial charge in [-0.05, 0) is 108 Å². The summed E-state index contributed by atoms with van der Waals surface area (Å²) in [6.45, 7) is 15.2. The van der Waals surface area contributed by atoms with E-state index in [1.807, 2.05) is 11.9 Å². The van der Waals surface area contributed by atoms with Gasteiger partial charge in [0.1, 0.15) is 22.8 Å². The van der Waals surface area contributed by atoms with Gasteiger partial charge in [-0.15, -0.1) is 0 Å². The predicted molar refractivity (Wildman–Crippen MR) is 314 cm³/mol. The Kier molecular flexibility index (Phi) is 16.3. The highest BCUT2D eigenvalue weighted by Gasteiger charge is 2.56. The predicted octanol–water partition coefficient (Wildman–Crippen LogP) is 7.61. The largest absolute Gasteiger partial charge is 0.507 e. The molecule has 84 heavy (non-hydrogen) atoms. The van der Waals surface area contributed by atoms with Crippen molar-refractivity contribution in [3.63, 3.8) is 0 Å². The highest BCUT2D eigenvalue weighted by atomic mass is 19.1. The number of carbonyl (C=O) groups is 3. The lowest BCUT2D eigenvalue weighted by atomic mass is 9.78. The van der Waals surface area contributed by atoms with Gasteiger partial charge >= 0.3 is 11.8 Å². The van der Waals surface area contributed by atoms with E-state index in [0.717, 1.165) is 43.9 Å². The van der Waals surface area contributed by atoms with Gasteiger partial charge in [-0.3, -0.25) is 28.7 Å². The van der Waals surface area contributed by atoms with Crippen LogP contribution in [0.2, 0.25) is 0 Å². The van der Waals surface area contributed by atoms with E-state index in [2.05, 4.69) is 22.2 Å². The first-order valence-corrected chi connectivity index (χ1v) is 29.2. The van der Waals surface area contributed by atoms with Gasteiger partial charge in [0.25, 0.3) is 17.2 Å². The molecule has 2 saturated heterocycles. The van der Waals surface area contributed by atoms with Crippen molar-refractivity contribution in [3.8, 4) is 23.0 Å². The summed E-state index contributed by atoms with van der Waals surface area (Å²) >= 11 is 0. The topological polar surface area (TPSA) is 276 Å². The zero-order chi connectivity index (χ0) is 60.8. The molecule has 2 aromatic carbocycles. The van der Waals surface area contributed by atoms with Crippen LogP contribution in [0.5, 0.6) is 23.0 Å². The zero-order valence-corrected chi connectivity index (χ0v) is 49.4. The van der Waals surface area contributed by atoms with Gasteiger partial charge in [-0.25, -0.2) is 9.18 Å². The Morgan fingerprint density at radius 1 is 0.881 bits per heavy atom. The number of carboxylic acids is 1. The number of aryl methyl sites for hydroxylation is 1. The molecule has 20 nitrogen and oxygen atoms in total. The number of nitrogens with one attached hydrogen (secondary N) is 1. The number of aliphatic hydroxyl groups is 3. The number of aromatic carboxylic acids is 1. The summed E-state index contributed by atoms with van der Waals surface area (Å²) in [6.07, 6.45) is 11.7. The van der Waals surface area contributed by atoms with Crippen LogP contribution in [0.25, 0.3) is 16.3 Å². The quantitative estimate of drug-likeness (QED) is 0.0455. The van der Waals surface area contributed by atoms with E-state index in [0.29, 0.717) is 55.8 Å². The normalized spacial score (nSPS) is 28.9. The Balaban J connectivity index is 0.926. The van der Waals surface area contributed by atoms with Crippen LogP contribution in [0.15, 0.2) is 58.3 Å². The van der Waals surface area contributed by atoms with Crippen LogP contribution in [0, 0.1) is 49.3 Å². The molecule has 0 unspecified atom stereocenters. The third kappa shape index (κ3) is 10.4. The van der Waals surface area contributed by atoms with E-state index in [1.54, 1.807) is 39.8 Å². The molecule has 0 spiro atoms. The number of amides is 1. The van der Waals surface area contributed by atoms with Crippen molar-refractivity contribution >= 4 is 51.5 Å². The Bertz CT molecular complexity index is 3510. The average Bonchev–Trinajstić information content (AvgIpc) is 1.50. The number of carboxylic acid groups (broad SMARTS) is 1. The number of carbonyl (C=O) groups excluding carboxylic acids is 2. The molecule has 452 valence electrons. The van der Waals surface area contributed by atoms with Crippen LogP contribution in [-0.2, 0) is 14.3 Å². The minimum absolute atomic E-state index is 0.0344. The monoisotopic (exact) mass is 1160 g/mol. The molecule has 5 aliphatic heterocycles. The van der Waals surface area contributed by atoms with E-state index in [1.165, 1.54) is 63.0 Å². The number of fused-ring (bicyclic) bond motifs is 15. The van der Waals surface area contributed by atoms with Gasteiger partial charge in [-0.1, -0.05) is 45.9 Å². The second-order valence-corrected chi connectivity index (χ2v) is 24.7. The fourth-order valence-corrected chi connectivity index (χ4v) is 13.8. The number of ether oxygens (including phenoxy) is 3. The van der Waals surface area contributed by atoms with E-state index in [-0.39, 0.29) is 73.5 Å². The molecule has 2 aromatic heterocycles. The maximum absolute atomic E-state index is 16.3. The number of hydrogen-bond acceptors (Lipinski definition) is 17. The minimum Gasteiger partial charge on any atom is -0.507 e. The molecule has 21 heteroatoms. The molecule has 4 aromatic rings. The summed E-state index contributed by atoms with van der Waals surface area (Å²) in [4.78, 5) is 58.7. The molecule has 7 aliphatic rings. The van der Waals surface area contributed by atoms with Gasteiger partial charge in [0.15, 0.2) is 11.6 Å². The van der Waals surface area contributed by atoms with Crippen LogP contribution >= 0.6 is 0 Å². The fraction of sp³-hybridized carbons (Fsp3) is 0.540. The molecule has 1 amide bonds. The highest BCUT2D eigenvalue weighted by Crippen LogP contribution is 2.56. The average molecular weight is 1160 g/mol. The number of rotatable bonds is 9. The van der Waals surface area contributed by atoms with E-state index in [9.17, 15) is 54.9 Å². The lowest BCUT2D eigenvalue weighted by Gasteiger charge is -2.42. The second kappa shape index (κ2) is 22.8. The molecule has 4 fully saturated rings. The number of nitrogens with zero attached hydrogens (tertiary/aromatic N) is 5. The summed E-state index contributed by atoms with van der Waals surface area (Å²) in [5.74, 6) is -9.63. The molecular formula is C63H79FN6O14. The van der Waals surface area contributed by atoms with E-state index >= 15 is 4.39 Å². The number of hydrogen-bond donors (Lipinski definition) is 8. The van der Waals surface area contributed by atoms with Crippen molar-refractivity contribution in [1.29, 1.82) is 0 Å². The SMILES string of the molecule is CO[C@H]1C=CO[C@@]2(C)Oc3c(C)c(O)c4c(O)c(c(C=NN5CCC(N(C)C6([C@@H]7CCN(c8c(F)cn9c(=O)c(C(=O)O)cc(C%10CC%10)c9c8C)C7)CC6)CC5)c(O)c4c3C2=O)NC(=O)C(C)=CC=C[C@H](C)[C@H](O)[C@@H](C)[C@@H](O)[C@@H](C)[C@H](O)[C@@H]1C. The number of phenols is 3. The van der Waals surface area contributed by atoms with Crippen molar-refractivity contribution in [1.82, 2.24) is 14.3 Å². The van der Waals surface area contributed by atoms with Crippen molar-refractivity contribution in [2.75, 3.05) is 50.6 Å². The first-order valence-electron chi connectivity index (χ1n) is 29.2. The number of aromatic nitrogens is 1. The number of aliphatic hydroxyl groups excluding tert-OH is 3. The smallest absolute Gasteiger partial charge is 0.341 e. The maximum atomic E-state index is 16.3. The Morgan fingerprint density at radius 3 is 2.19 bits per heavy atom. The number of methoxy groups -OCH3 is 1. The number of anilines is 2. The molecule has 8 N–H and O–H groups in total. The first-order chi connectivity index (χ1) is 39.8. The number of halogens is 1. The molecule has 2 saturated carbocycles. The number of pyridine rings is 2.